The average Bonchev–Trinajstić information content (AvgIpc) is 2.77. The molecule has 0 saturated carbocycles. The number of aromatic nitrogens is 4. The number of nitrogens with two attached hydrogens (primary N) is 1. The Kier molecular flexibility index (Phi) is 3.32. The first-order chi connectivity index (χ1) is 9.06. The lowest BCUT2D eigenvalue weighted by Gasteiger charge is -2.09. The number of methoxy groups -OCH3 is 1. The van der Waals surface area contributed by atoms with Crippen LogP contribution in [0, 0.1) is 0 Å². The van der Waals surface area contributed by atoms with Crippen molar-refractivity contribution in [2.45, 2.75) is 0 Å². The van der Waals surface area contributed by atoms with Crippen LogP contribution in [0.5, 0.6) is 0 Å². The maximum Gasteiger partial charge on any atom is 0.345 e. The van der Waals surface area contributed by atoms with Gasteiger partial charge in [0.1, 0.15) is 11.4 Å². The van der Waals surface area contributed by atoms with E-state index >= 15 is 0 Å². The summed E-state index contributed by atoms with van der Waals surface area (Å²) in [6.07, 6.45) is 4.56. The maximum atomic E-state index is 11.8. The van der Waals surface area contributed by atoms with E-state index < -0.39 is 5.97 Å². The van der Waals surface area contributed by atoms with Gasteiger partial charge in [0.2, 0.25) is 0 Å². The lowest BCUT2D eigenvalue weighted by Crippen LogP contribution is -2.14. The number of anilines is 2. The van der Waals surface area contributed by atoms with Crippen LogP contribution in [0.4, 0.5) is 11.6 Å². The van der Waals surface area contributed by atoms with Crippen LogP contribution in [0.3, 0.4) is 0 Å². The monoisotopic (exact) mass is 262 g/mol. The number of ether oxygens (including phenoxy) is 1. The van der Waals surface area contributed by atoms with Gasteiger partial charge in [0, 0.05) is 26.5 Å². The van der Waals surface area contributed by atoms with Crippen LogP contribution in [0.25, 0.3) is 5.82 Å². The van der Waals surface area contributed by atoms with Crippen molar-refractivity contribution in [1.29, 1.82) is 0 Å². The smallest absolute Gasteiger partial charge is 0.345 e. The van der Waals surface area contributed by atoms with Gasteiger partial charge in [-0.3, -0.25) is 4.98 Å². The lowest BCUT2D eigenvalue weighted by molar-refractivity contribution is 0.0602. The van der Waals surface area contributed by atoms with E-state index in [0.29, 0.717) is 11.6 Å². The maximum absolute atomic E-state index is 11.8. The number of carbonyl (C=O) groups is 1. The SMILES string of the molecule is COC(=O)c1c(N(C)C)nn(-c2cnccn2)c1N. The van der Waals surface area contributed by atoms with Gasteiger partial charge in [-0.2, -0.15) is 4.68 Å². The summed E-state index contributed by atoms with van der Waals surface area (Å²) in [6.45, 7) is 0. The van der Waals surface area contributed by atoms with Crippen LogP contribution in [0.15, 0.2) is 18.6 Å². The molecule has 8 heteroatoms. The minimum atomic E-state index is -0.545. The zero-order chi connectivity index (χ0) is 14.0. The second-order valence-corrected chi connectivity index (χ2v) is 3.95. The molecule has 0 aliphatic heterocycles. The first-order valence-electron chi connectivity index (χ1n) is 5.46. The summed E-state index contributed by atoms with van der Waals surface area (Å²) in [6, 6.07) is 0. The number of hydrogen-bond acceptors (Lipinski definition) is 7. The Morgan fingerprint density at radius 3 is 2.68 bits per heavy atom. The van der Waals surface area contributed by atoms with Crippen LogP contribution in [-0.2, 0) is 4.74 Å². The highest BCUT2D eigenvalue weighted by Gasteiger charge is 2.25. The van der Waals surface area contributed by atoms with Gasteiger partial charge < -0.3 is 15.4 Å². The molecule has 0 aromatic carbocycles. The molecule has 2 aromatic heterocycles. The fraction of sp³-hybridized carbons (Fsp3) is 0.273. The molecule has 2 rings (SSSR count). The van der Waals surface area contributed by atoms with Gasteiger partial charge in [-0.1, -0.05) is 0 Å². The fourth-order valence-electron chi connectivity index (χ4n) is 1.61. The minimum Gasteiger partial charge on any atom is -0.465 e. The van der Waals surface area contributed by atoms with Gasteiger partial charge in [-0.15, -0.1) is 5.10 Å². The Morgan fingerprint density at radius 1 is 1.42 bits per heavy atom. The van der Waals surface area contributed by atoms with Crippen molar-refractivity contribution in [2.75, 3.05) is 31.8 Å². The summed E-state index contributed by atoms with van der Waals surface area (Å²) in [5.74, 6) is 0.459. The van der Waals surface area contributed by atoms with Crippen LogP contribution < -0.4 is 10.6 Å². The molecule has 0 amide bonds. The molecule has 0 radical (unpaired) electrons. The largest absolute Gasteiger partial charge is 0.465 e. The predicted molar refractivity (Wildman–Crippen MR) is 69.2 cm³/mol. The zero-order valence-electron chi connectivity index (χ0n) is 10.9. The third-order valence-electron chi connectivity index (χ3n) is 2.48. The van der Waals surface area contributed by atoms with Crippen molar-refractivity contribution >= 4 is 17.6 Å². The van der Waals surface area contributed by atoms with E-state index in [1.54, 1.807) is 19.0 Å². The topological polar surface area (TPSA) is 99.2 Å². The molecule has 0 atom stereocenters. The summed E-state index contributed by atoms with van der Waals surface area (Å²) < 4.78 is 6.08. The number of rotatable bonds is 3. The molecule has 0 aliphatic rings. The van der Waals surface area contributed by atoms with Crippen LogP contribution in [0.2, 0.25) is 0 Å². The van der Waals surface area contributed by atoms with Gasteiger partial charge >= 0.3 is 5.97 Å². The van der Waals surface area contributed by atoms with E-state index in [1.165, 1.54) is 30.4 Å². The van der Waals surface area contributed by atoms with Crippen molar-refractivity contribution < 1.29 is 9.53 Å². The number of carbonyl (C=O) groups excluding carboxylic acids is 1. The molecule has 0 bridgehead atoms. The van der Waals surface area contributed by atoms with Crippen LogP contribution in [-0.4, -0.2) is 46.9 Å². The number of esters is 1. The number of hydrogen-bond donors (Lipinski definition) is 1. The van der Waals surface area contributed by atoms with E-state index in [2.05, 4.69) is 15.1 Å². The third-order valence-corrected chi connectivity index (χ3v) is 2.48. The van der Waals surface area contributed by atoms with Gasteiger partial charge in [0.25, 0.3) is 0 Å². The van der Waals surface area contributed by atoms with E-state index in [9.17, 15) is 4.79 Å². The molecule has 19 heavy (non-hydrogen) atoms. The van der Waals surface area contributed by atoms with Gasteiger partial charge in [0.15, 0.2) is 11.6 Å². The lowest BCUT2D eigenvalue weighted by atomic mass is 10.3. The molecule has 0 spiro atoms. The van der Waals surface area contributed by atoms with Crippen molar-refractivity contribution in [1.82, 2.24) is 19.7 Å². The van der Waals surface area contributed by atoms with Crippen molar-refractivity contribution in [3.8, 4) is 5.82 Å². The highest BCUT2D eigenvalue weighted by Crippen LogP contribution is 2.26. The first kappa shape index (κ1) is 12.8. The number of nitrogen functional groups attached to an aromatic ring is 1. The molecule has 100 valence electrons. The summed E-state index contributed by atoms with van der Waals surface area (Å²) in [5, 5.41) is 4.26. The third kappa shape index (κ3) is 2.19. The Bertz CT molecular complexity index is 593. The molecule has 0 aliphatic carbocycles. The highest BCUT2D eigenvalue weighted by molar-refractivity contribution is 6.00. The summed E-state index contributed by atoms with van der Waals surface area (Å²) in [4.78, 5) is 21.5. The van der Waals surface area contributed by atoms with Crippen molar-refractivity contribution in [2.24, 2.45) is 0 Å². The molecule has 2 heterocycles. The Labute approximate surface area is 109 Å². The average molecular weight is 262 g/mol. The van der Waals surface area contributed by atoms with Crippen molar-refractivity contribution in [3.05, 3.63) is 24.2 Å². The van der Waals surface area contributed by atoms with Crippen LogP contribution in [0.1, 0.15) is 10.4 Å². The molecule has 2 aromatic rings. The first-order valence-corrected chi connectivity index (χ1v) is 5.46. The zero-order valence-corrected chi connectivity index (χ0v) is 10.9. The second-order valence-electron chi connectivity index (χ2n) is 3.95. The Hall–Kier alpha value is -2.64. The predicted octanol–water partition coefficient (Wildman–Crippen LogP) is 0.0971. The Morgan fingerprint density at radius 2 is 2.16 bits per heavy atom. The normalized spacial score (nSPS) is 10.3. The molecule has 2 N–H and O–H groups in total. The molecule has 0 unspecified atom stereocenters. The van der Waals surface area contributed by atoms with Gasteiger partial charge in [-0.25, -0.2) is 9.78 Å². The van der Waals surface area contributed by atoms with Crippen molar-refractivity contribution in [3.63, 3.8) is 0 Å². The van der Waals surface area contributed by atoms with Gasteiger partial charge in [0.05, 0.1) is 13.3 Å². The molecule has 0 saturated heterocycles. The molecule has 0 fully saturated rings. The van der Waals surface area contributed by atoms with E-state index in [4.69, 9.17) is 10.5 Å². The molecule has 8 nitrogen and oxygen atoms in total. The molecular weight excluding hydrogens is 248 g/mol. The summed E-state index contributed by atoms with van der Waals surface area (Å²) in [7, 11) is 4.81. The summed E-state index contributed by atoms with van der Waals surface area (Å²) in [5.41, 5.74) is 6.16. The fourth-order valence-corrected chi connectivity index (χ4v) is 1.61. The van der Waals surface area contributed by atoms with E-state index in [0.717, 1.165) is 0 Å². The Balaban J connectivity index is 2.62. The van der Waals surface area contributed by atoms with Gasteiger partial charge in [-0.05, 0) is 0 Å². The number of nitrogens with zero attached hydrogens (tertiary/aromatic N) is 5. The standard InChI is InChI=1S/C11H14N6O2/c1-16(2)10-8(11(18)19-3)9(12)17(15-10)7-6-13-4-5-14-7/h4-6H,12H2,1-3H3. The minimum absolute atomic E-state index is 0.163. The second kappa shape index (κ2) is 4.92. The molecular formula is C11H14N6O2. The van der Waals surface area contributed by atoms with E-state index in [1.807, 2.05) is 0 Å². The van der Waals surface area contributed by atoms with Crippen LogP contribution >= 0.6 is 0 Å². The van der Waals surface area contributed by atoms with E-state index in [-0.39, 0.29) is 11.4 Å². The summed E-state index contributed by atoms with van der Waals surface area (Å²) >= 11 is 0. The highest BCUT2D eigenvalue weighted by atomic mass is 16.5. The quantitative estimate of drug-likeness (QED) is 0.783.